The molecule has 0 unspecified atom stereocenters. The fraction of sp³-hybridized carbons (Fsp3) is 0.125. The van der Waals surface area contributed by atoms with Crippen LogP contribution in [0.2, 0.25) is 5.02 Å². The number of hydrogen-bond acceptors (Lipinski definition) is 4. The van der Waals surface area contributed by atoms with Crippen molar-refractivity contribution in [1.82, 2.24) is 0 Å². The molecule has 0 amide bonds. The summed E-state index contributed by atoms with van der Waals surface area (Å²) in [7, 11) is 1.63. The summed E-state index contributed by atoms with van der Waals surface area (Å²) in [6.07, 6.45) is 1.67. The molecule has 1 aliphatic rings. The van der Waals surface area contributed by atoms with Crippen molar-refractivity contribution in [3.8, 4) is 17.2 Å². The molecule has 0 radical (unpaired) electrons. The lowest BCUT2D eigenvalue weighted by Crippen LogP contribution is -2.00. The maximum atomic E-state index is 12.7. The number of ether oxygens (including phenoxy) is 3. The molecule has 0 aromatic heterocycles. The lowest BCUT2D eigenvalue weighted by molar-refractivity contribution is 0.101. The molecule has 4 nitrogen and oxygen atoms in total. The van der Waals surface area contributed by atoms with Gasteiger partial charge in [-0.2, -0.15) is 0 Å². The maximum absolute atomic E-state index is 12.7. The molecule has 4 rings (SSSR count). The van der Waals surface area contributed by atoms with Gasteiger partial charge in [-0.25, -0.2) is 0 Å². The third kappa shape index (κ3) is 3.71. The smallest absolute Gasteiger partial charge is 0.231 e. The molecular weight excluding hydrogens is 388 g/mol. The highest BCUT2D eigenvalue weighted by molar-refractivity contribution is 6.32. The zero-order valence-corrected chi connectivity index (χ0v) is 16.8. The van der Waals surface area contributed by atoms with Gasteiger partial charge in [0.2, 0.25) is 5.78 Å². The zero-order valence-electron chi connectivity index (χ0n) is 16.1. The first-order chi connectivity index (χ1) is 14.1. The minimum Gasteiger partial charge on any atom is -0.496 e. The molecule has 0 N–H and O–H groups in total. The van der Waals surface area contributed by atoms with E-state index in [2.05, 4.69) is 0 Å². The standard InChI is InChI=1S/C24H19ClO4/c1-15-20(28-14-17-8-4-6-10-21(17)27-2)12-11-18-23(26)22(29-24(15)18)13-16-7-3-5-9-19(16)25/h3-13H,14H2,1-2H3/b22-13-. The lowest BCUT2D eigenvalue weighted by atomic mass is 10.1. The molecule has 0 atom stereocenters. The van der Waals surface area contributed by atoms with Gasteiger partial charge in [-0.05, 0) is 42.8 Å². The van der Waals surface area contributed by atoms with Gasteiger partial charge in [0.15, 0.2) is 5.76 Å². The Labute approximate surface area is 174 Å². The van der Waals surface area contributed by atoms with Crippen LogP contribution >= 0.6 is 11.6 Å². The van der Waals surface area contributed by atoms with E-state index in [4.69, 9.17) is 25.8 Å². The monoisotopic (exact) mass is 406 g/mol. The fourth-order valence-corrected chi connectivity index (χ4v) is 3.43. The Bertz CT molecular complexity index is 1120. The van der Waals surface area contributed by atoms with Crippen LogP contribution in [-0.2, 0) is 6.61 Å². The summed E-state index contributed by atoms with van der Waals surface area (Å²) in [4.78, 5) is 12.7. The number of allylic oxidation sites excluding steroid dienone is 1. The minimum atomic E-state index is -0.167. The highest BCUT2D eigenvalue weighted by atomic mass is 35.5. The van der Waals surface area contributed by atoms with Crippen molar-refractivity contribution in [3.63, 3.8) is 0 Å². The molecule has 0 saturated heterocycles. The van der Waals surface area contributed by atoms with Gasteiger partial charge < -0.3 is 14.2 Å². The van der Waals surface area contributed by atoms with Gasteiger partial charge in [0.1, 0.15) is 23.9 Å². The van der Waals surface area contributed by atoms with Crippen molar-refractivity contribution in [3.05, 3.63) is 93.7 Å². The number of carbonyl (C=O) groups is 1. The van der Waals surface area contributed by atoms with Gasteiger partial charge >= 0.3 is 0 Å². The van der Waals surface area contributed by atoms with Gasteiger partial charge in [-0.1, -0.05) is 48.0 Å². The summed E-state index contributed by atoms with van der Waals surface area (Å²) in [6, 6.07) is 18.5. The van der Waals surface area contributed by atoms with Crippen LogP contribution < -0.4 is 14.2 Å². The van der Waals surface area contributed by atoms with Crippen LogP contribution in [-0.4, -0.2) is 12.9 Å². The molecule has 1 heterocycles. The molecule has 29 heavy (non-hydrogen) atoms. The van der Waals surface area contributed by atoms with E-state index in [-0.39, 0.29) is 11.5 Å². The largest absolute Gasteiger partial charge is 0.496 e. The van der Waals surface area contributed by atoms with Gasteiger partial charge in [-0.15, -0.1) is 0 Å². The summed E-state index contributed by atoms with van der Waals surface area (Å²) in [5, 5.41) is 0.560. The summed E-state index contributed by atoms with van der Waals surface area (Å²) < 4.78 is 17.2. The van der Waals surface area contributed by atoms with Crippen molar-refractivity contribution >= 4 is 23.5 Å². The van der Waals surface area contributed by atoms with Gasteiger partial charge in [0.25, 0.3) is 0 Å². The average molecular weight is 407 g/mol. The Hall–Kier alpha value is -3.24. The van der Waals surface area contributed by atoms with Crippen LogP contribution in [0.25, 0.3) is 6.08 Å². The predicted molar refractivity (Wildman–Crippen MR) is 113 cm³/mol. The molecule has 0 bridgehead atoms. The molecule has 1 aliphatic heterocycles. The van der Waals surface area contributed by atoms with E-state index in [1.807, 2.05) is 49.4 Å². The highest BCUT2D eigenvalue weighted by Crippen LogP contribution is 2.40. The first kappa shape index (κ1) is 19.1. The SMILES string of the molecule is COc1ccccc1COc1ccc2c(c1C)O/C(=C\c1ccccc1Cl)C2=O. The van der Waals surface area contributed by atoms with E-state index in [0.717, 1.165) is 22.4 Å². The Morgan fingerprint density at radius 3 is 2.55 bits per heavy atom. The third-order valence-electron chi connectivity index (χ3n) is 4.80. The summed E-state index contributed by atoms with van der Waals surface area (Å²) >= 11 is 6.20. The quantitative estimate of drug-likeness (QED) is 0.498. The number of fused-ring (bicyclic) bond motifs is 1. The number of carbonyl (C=O) groups excluding carboxylic acids is 1. The molecule has 0 fully saturated rings. The molecular formula is C24H19ClO4. The Morgan fingerprint density at radius 2 is 1.76 bits per heavy atom. The molecule has 146 valence electrons. The van der Waals surface area contributed by atoms with E-state index in [1.54, 1.807) is 31.4 Å². The molecule has 0 spiro atoms. The van der Waals surface area contributed by atoms with Crippen LogP contribution in [0.5, 0.6) is 17.2 Å². The number of hydrogen-bond donors (Lipinski definition) is 0. The molecule has 3 aromatic rings. The van der Waals surface area contributed by atoms with Gasteiger partial charge in [-0.3, -0.25) is 4.79 Å². The van der Waals surface area contributed by atoms with Gasteiger partial charge in [0.05, 0.1) is 12.7 Å². The maximum Gasteiger partial charge on any atom is 0.231 e. The van der Waals surface area contributed by atoms with Crippen LogP contribution in [0, 0.1) is 6.92 Å². The van der Waals surface area contributed by atoms with Crippen molar-refractivity contribution in [1.29, 1.82) is 0 Å². The second-order valence-electron chi connectivity index (χ2n) is 6.63. The highest BCUT2D eigenvalue weighted by Gasteiger charge is 2.30. The molecule has 5 heteroatoms. The van der Waals surface area contributed by atoms with Crippen molar-refractivity contribution < 1.29 is 19.0 Å². The predicted octanol–water partition coefficient (Wildman–Crippen LogP) is 5.85. The summed E-state index contributed by atoms with van der Waals surface area (Å²) in [6.45, 7) is 2.22. The Balaban J connectivity index is 1.59. The fourth-order valence-electron chi connectivity index (χ4n) is 3.24. The number of rotatable bonds is 5. The zero-order chi connectivity index (χ0) is 20.4. The number of ketones is 1. The summed E-state index contributed by atoms with van der Waals surface area (Å²) in [5.74, 6) is 2.02. The number of halogens is 1. The topological polar surface area (TPSA) is 44.8 Å². The lowest BCUT2D eigenvalue weighted by Gasteiger charge is -2.13. The van der Waals surface area contributed by atoms with E-state index in [9.17, 15) is 4.79 Å². The summed E-state index contributed by atoms with van der Waals surface area (Å²) in [5.41, 5.74) is 2.96. The van der Waals surface area contributed by atoms with Crippen molar-refractivity contribution in [2.45, 2.75) is 13.5 Å². The van der Waals surface area contributed by atoms with E-state index in [1.165, 1.54) is 0 Å². The number of Topliss-reactive ketones (excluding diaryl/α,β-unsaturated/α-hetero) is 1. The van der Waals surface area contributed by atoms with Crippen LogP contribution in [0.4, 0.5) is 0 Å². The molecule has 0 aliphatic carbocycles. The van der Waals surface area contributed by atoms with E-state index in [0.29, 0.717) is 28.7 Å². The Morgan fingerprint density at radius 1 is 1.00 bits per heavy atom. The second-order valence-corrected chi connectivity index (χ2v) is 7.03. The normalized spacial score (nSPS) is 13.9. The van der Waals surface area contributed by atoms with Crippen LogP contribution in [0.1, 0.15) is 27.0 Å². The molecule has 3 aromatic carbocycles. The molecule has 0 saturated carbocycles. The van der Waals surface area contributed by atoms with Crippen molar-refractivity contribution in [2.75, 3.05) is 7.11 Å². The number of para-hydroxylation sites is 1. The minimum absolute atomic E-state index is 0.167. The van der Waals surface area contributed by atoms with Gasteiger partial charge in [0, 0.05) is 16.1 Å². The first-order valence-electron chi connectivity index (χ1n) is 9.15. The first-order valence-corrected chi connectivity index (χ1v) is 9.53. The van der Waals surface area contributed by atoms with E-state index >= 15 is 0 Å². The number of methoxy groups -OCH3 is 1. The Kier molecular flexibility index (Phi) is 5.28. The second kappa shape index (κ2) is 8.02. The third-order valence-corrected chi connectivity index (χ3v) is 5.15. The number of benzene rings is 3. The van der Waals surface area contributed by atoms with Crippen molar-refractivity contribution in [2.24, 2.45) is 0 Å². The van der Waals surface area contributed by atoms with E-state index < -0.39 is 0 Å². The van der Waals surface area contributed by atoms with Crippen LogP contribution in [0.3, 0.4) is 0 Å². The van der Waals surface area contributed by atoms with Crippen LogP contribution in [0.15, 0.2) is 66.4 Å². The average Bonchev–Trinajstić information content (AvgIpc) is 3.06.